The molecule has 1 rings (SSSR count). The molecule has 0 aromatic carbocycles. The first-order valence-corrected chi connectivity index (χ1v) is 5.45. The van der Waals surface area contributed by atoms with Gasteiger partial charge in [-0.2, -0.15) is 0 Å². The van der Waals surface area contributed by atoms with Gasteiger partial charge in [0.2, 0.25) is 0 Å². The van der Waals surface area contributed by atoms with E-state index in [2.05, 4.69) is 4.74 Å². The van der Waals surface area contributed by atoms with E-state index in [4.69, 9.17) is 0 Å². The van der Waals surface area contributed by atoms with Crippen LogP contribution in [0.5, 0.6) is 0 Å². The van der Waals surface area contributed by atoms with Crippen molar-refractivity contribution >= 4 is 12.1 Å². The fraction of sp³-hybridized carbons (Fsp3) is 0.818. The molecule has 0 aromatic rings. The second kappa shape index (κ2) is 4.18. The van der Waals surface area contributed by atoms with Crippen LogP contribution in [0, 0.1) is 0 Å². The molecule has 1 amide bonds. The number of carbonyl (C=O) groups excluding carboxylic acids is 1. The molecule has 17 heavy (non-hydrogen) atoms. The summed E-state index contributed by atoms with van der Waals surface area (Å²) >= 11 is 0. The molecule has 6 heteroatoms. The van der Waals surface area contributed by atoms with Crippen molar-refractivity contribution in [2.24, 2.45) is 0 Å². The first kappa shape index (κ1) is 13.8. The third kappa shape index (κ3) is 2.22. The normalized spacial score (nSPS) is 28.2. The number of carboxylic acid groups (broad SMARTS) is 1. The highest BCUT2D eigenvalue weighted by molar-refractivity contribution is 5.87. The summed E-state index contributed by atoms with van der Waals surface area (Å²) < 4.78 is 4.68. The van der Waals surface area contributed by atoms with Crippen molar-refractivity contribution in [2.75, 3.05) is 7.11 Å². The Hall–Kier alpha value is -1.30. The van der Waals surface area contributed by atoms with Crippen LogP contribution >= 0.6 is 0 Å². The third-order valence-electron chi connectivity index (χ3n) is 3.00. The Labute approximate surface area is 100 Å². The number of carbonyl (C=O) groups is 2. The van der Waals surface area contributed by atoms with Crippen molar-refractivity contribution in [2.45, 2.75) is 50.8 Å². The third-order valence-corrected chi connectivity index (χ3v) is 3.00. The maximum atomic E-state index is 11.8. The van der Waals surface area contributed by atoms with E-state index in [0.717, 1.165) is 4.90 Å². The van der Waals surface area contributed by atoms with Gasteiger partial charge in [-0.3, -0.25) is 4.90 Å². The van der Waals surface area contributed by atoms with Gasteiger partial charge in [-0.15, -0.1) is 0 Å². The van der Waals surface area contributed by atoms with Gasteiger partial charge in [-0.1, -0.05) is 0 Å². The number of aliphatic hydroxyl groups excluding tert-OH is 1. The van der Waals surface area contributed by atoms with Crippen molar-refractivity contribution in [1.29, 1.82) is 0 Å². The average molecular weight is 245 g/mol. The predicted octanol–water partition coefficient (Wildman–Crippen LogP) is 0.831. The summed E-state index contributed by atoms with van der Waals surface area (Å²) in [5.74, 6) is -0.611. The van der Waals surface area contributed by atoms with Gasteiger partial charge in [0.25, 0.3) is 0 Å². The van der Waals surface area contributed by atoms with Gasteiger partial charge in [0.05, 0.1) is 13.2 Å². The summed E-state index contributed by atoms with van der Waals surface area (Å²) in [5.41, 5.74) is -1.99. The Morgan fingerprint density at radius 3 is 2.06 bits per heavy atom. The van der Waals surface area contributed by atoms with E-state index in [0.29, 0.717) is 0 Å². The Morgan fingerprint density at radius 2 is 1.82 bits per heavy atom. The topological polar surface area (TPSA) is 87.1 Å². The molecule has 98 valence electrons. The van der Waals surface area contributed by atoms with E-state index < -0.39 is 29.2 Å². The molecule has 0 aromatic heterocycles. The number of rotatable bonds is 2. The first-order chi connectivity index (χ1) is 7.65. The van der Waals surface area contributed by atoms with Gasteiger partial charge in [0.1, 0.15) is 5.54 Å². The summed E-state index contributed by atoms with van der Waals surface area (Å²) in [6.45, 7) is 5.11. The van der Waals surface area contributed by atoms with Gasteiger partial charge in [0, 0.05) is 18.4 Å². The highest BCUT2D eigenvalue weighted by atomic mass is 16.5. The molecule has 1 fully saturated rings. The highest BCUT2D eigenvalue weighted by Gasteiger charge is 2.59. The molecule has 0 spiro atoms. The van der Waals surface area contributed by atoms with Crippen LogP contribution in [-0.2, 0) is 9.53 Å². The number of methoxy groups -OCH3 is 1. The fourth-order valence-electron chi connectivity index (χ4n) is 2.46. The molecule has 2 N–H and O–H groups in total. The minimum absolute atomic E-state index is 0.0866. The van der Waals surface area contributed by atoms with Crippen molar-refractivity contribution in [3.8, 4) is 0 Å². The van der Waals surface area contributed by atoms with E-state index >= 15 is 0 Å². The minimum Gasteiger partial charge on any atom is -0.467 e. The number of ether oxygens (including phenoxy) is 1. The fourth-order valence-corrected chi connectivity index (χ4v) is 2.46. The van der Waals surface area contributed by atoms with Crippen LogP contribution < -0.4 is 0 Å². The maximum absolute atomic E-state index is 11.8. The molecule has 0 atom stereocenters. The van der Waals surface area contributed by atoms with Gasteiger partial charge in [-0.05, 0) is 20.8 Å². The van der Waals surface area contributed by atoms with Crippen LogP contribution in [0.4, 0.5) is 4.79 Å². The quantitative estimate of drug-likeness (QED) is 0.704. The highest BCUT2D eigenvalue weighted by Crippen LogP contribution is 2.42. The van der Waals surface area contributed by atoms with E-state index in [9.17, 15) is 19.8 Å². The van der Waals surface area contributed by atoms with E-state index in [1.165, 1.54) is 7.11 Å². The minimum atomic E-state index is -1.25. The van der Waals surface area contributed by atoms with Gasteiger partial charge in [-0.25, -0.2) is 9.59 Å². The molecule has 1 saturated carbocycles. The zero-order valence-electron chi connectivity index (χ0n) is 10.6. The standard InChI is InChI=1S/C11H19NO5/c1-10(2,3)12(9(15)16)11(8(14)17-4)5-7(13)6-11/h7,13H,5-6H2,1-4H3,(H,15,16). The molecule has 0 saturated heterocycles. The molecule has 6 nitrogen and oxygen atoms in total. The van der Waals surface area contributed by atoms with Crippen molar-refractivity contribution in [3.05, 3.63) is 0 Å². The Balaban J connectivity index is 3.13. The maximum Gasteiger partial charge on any atom is 0.408 e. The zero-order chi connectivity index (χ0) is 13.4. The molecule has 0 aliphatic heterocycles. The van der Waals surface area contributed by atoms with Crippen LogP contribution in [-0.4, -0.2) is 51.5 Å². The van der Waals surface area contributed by atoms with Gasteiger partial charge < -0.3 is 14.9 Å². The Bertz CT molecular complexity index is 327. The number of nitrogens with zero attached hydrogens (tertiary/aromatic N) is 1. The van der Waals surface area contributed by atoms with E-state index in [1.807, 2.05) is 0 Å². The average Bonchev–Trinajstić information content (AvgIpc) is 2.10. The van der Waals surface area contributed by atoms with E-state index in [1.54, 1.807) is 20.8 Å². The van der Waals surface area contributed by atoms with Crippen LogP contribution in [0.3, 0.4) is 0 Å². The summed E-state index contributed by atoms with van der Waals surface area (Å²) in [6, 6.07) is 0. The van der Waals surface area contributed by atoms with Crippen LogP contribution in [0.2, 0.25) is 0 Å². The second-order valence-corrected chi connectivity index (χ2v) is 5.37. The number of hydrogen-bond acceptors (Lipinski definition) is 4. The summed E-state index contributed by atoms with van der Waals surface area (Å²) in [4.78, 5) is 24.2. The zero-order valence-corrected chi connectivity index (χ0v) is 10.6. The van der Waals surface area contributed by atoms with Gasteiger partial charge in [0.15, 0.2) is 0 Å². The first-order valence-electron chi connectivity index (χ1n) is 5.45. The summed E-state index contributed by atoms with van der Waals surface area (Å²) in [6.07, 6.45) is -1.67. The molecule has 1 aliphatic rings. The summed E-state index contributed by atoms with van der Waals surface area (Å²) in [5, 5.41) is 18.7. The molecular weight excluding hydrogens is 226 g/mol. The predicted molar refractivity (Wildman–Crippen MR) is 59.6 cm³/mol. The van der Waals surface area contributed by atoms with Crippen LogP contribution in [0.1, 0.15) is 33.6 Å². The monoisotopic (exact) mass is 245 g/mol. The molecular formula is C11H19NO5. The van der Waals surface area contributed by atoms with Gasteiger partial charge >= 0.3 is 12.1 Å². The second-order valence-electron chi connectivity index (χ2n) is 5.37. The largest absolute Gasteiger partial charge is 0.467 e. The molecule has 0 radical (unpaired) electrons. The lowest BCUT2D eigenvalue weighted by atomic mass is 9.71. The SMILES string of the molecule is COC(=O)C1(N(C(=O)O)C(C)(C)C)CC(O)C1. The Morgan fingerprint density at radius 1 is 1.35 bits per heavy atom. The van der Waals surface area contributed by atoms with Crippen molar-refractivity contribution in [1.82, 2.24) is 4.90 Å². The lowest BCUT2D eigenvalue weighted by Gasteiger charge is -2.53. The lowest BCUT2D eigenvalue weighted by Crippen LogP contribution is -2.70. The smallest absolute Gasteiger partial charge is 0.408 e. The number of aliphatic hydroxyl groups is 1. The van der Waals surface area contributed by atoms with Crippen LogP contribution in [0.25, 0.3) is 0 Å². The molecule has 0 bridgehead atoms. The van der Waals surface area contributed by atoms with Crippen molar-refractivity contribution in [3.63, 3.8) is 0 Å². The number of esters is 1. The number of amides is 1. The Kier molecular flexibility index (Phi) is 3.38. The van der Waals surface area contributed by atoms with Crippen LogP contribution in [0.15, 0.2) is 0 Å². The molecule has 0 heterocycles. The molecule has 0 unspecified atom stereocenters. The lowest BCUT2D eigenvalue weighted by molar-refractivity contribution is -0.175. The van der Waals surface area contributed by atoms with E-state index in [-0.39, 0.29) is 12.8 Å². The number of hydrogen-bond donors (Lipinski definition) is 2. The summed E-state index contributed by atoms with van der Waals surface area (Å²) in [7, 11) is 1.22. The van der Waals surface area contributed by atoms with Crippen molar-refractivity contribution < 1.29 is 24.5 Å². The molecule has 1 aliphatic carbocycles.